The Morgan fingerprint density at radius 3 is 2.77 bits per heavy atom. The Labute approximate surface area is 143 Å². The second kappa shape index (κ2) is 6.37. The van der Waals surface area contributed by atoms with Gasteiger partial charge in [-0.3, -0.25) is 4.99 Å². The van der Waals surface area contributed by atoms with Gasteiger partial charge >= 0.3 is 0 Å². The summed E-state index contributed by atoms with van der Waals surface area (Å²) in [5.41, 5.74) is 1.22. The third-order valence-electron chi connectivity index (χ3n) is 3.82. The maximum Gasteiger partial charge on any atom is 0.160 e. The predicted octanol–water partition coefficient (Wildman–Crippen LogP) is 2.71. The van der Waals surface area contributed by atoms with Crippen LogP contribution in [0.3, 0.4) is 0 Å². The molecular formula is C15H17BrN2O2S2. The number of halogens is 1. The van der Waals surface area contributed by atoms with E-state index in [2.05, 4.69) is 44.5 Å². The first kappa shape index (κ1) is 16.1. The highest BCUT2D eigenvalue weighted by atomic mass is 79.9. The van der Waals surface area contributed by atoms with E-state index in [9.17, 15) is 8.42 Å². The van der Waals surface area contributed by atoms with Crippen molar-refractivity contribution in [2.45, 2.75) is 17.8 Å². The zero-order valence-corrected chi connectivity index (χ0v) is 15.2. The molecule has 0 amide bonds. The standard InChI is InChI=1S/C15H17BrN2O2S2/c1-2-7-18-14-10-22(19,20)9-13(14)17-15(18)21-8-11-3-5-12(16)6-4-11/h2-6,13-14H,1,7-10H2/t13-,14-/m0/s1. The summed E-state index contributed by atoms with van der Waals surface area (Å²) in [6.45, 7) is 4.42. The molecule has 1 aromatic rings. The molecule has 0 unspecified atom stereocenters. The minimum absolute atomic E-state index is 0.0181. The van der Waals surface area contributed by atoms with Gasteiger partial charge in [0.25, 0.3) is 0 Å². The number of sulfone groups is 1. The van der Waals surface area contributed by atoms with E-state index in [1.165, 1.54) is 5.56 Å². The lowest BCUT2D eigenvalue weighted by molar-refractivity contribution is 0.379. The van der Waals surface area contributed by atoms with Crippen molar-refractivity contribution in [2.75, 3.05) is 18.1 Å². The first-order valence-electron chi connectivity index (χ1n) is 7.01. The lowest BCUT2D eigenvalue weighted by Gasteiger charge is -2.24. The van der Waals surface area contributed by atoms with Crippen LogP contribution in [0.1, 0.15) is 5.56 Å². The quantitative estimate of drug-likeness (QED) is 0.728. The molecule has 3 rings (SSSR count). The maximum absolute atomic E-state index is 11.8. The Balaban J connectivity index is 1.72. The zero-order valence-electron chi connectivity index (χ0n) is 12.0. The fourth-order valence-electron chi connectivity index (χ4n) is 2.79. The van der Waals surface area contributed by atoms with Crippen molar-refractivity contribution in [3.05, 3.63) is 47.0 Å². The number of benzene rings is 1. The topological polar surface area (TPSA) is 49.7 Å². The summed E-state index contributed by atoms with van der Waals surface area (Å²) >= 11 is 5.10. The van der Waals surface area contributed by atoms with Crippen LogP contribution in [0.15, 0.2) is 46.4 Å². The van der Waals surface area contributed by atoms with E-state index >= 15 is 0 Å². The molecule has 0 bridgehead atoms. The van der Waals surface area contributed by atoms with Crippen molar-refractivity contribution in [3.8, 4) is 0 Å². The van der Waals surface area contributed by atoms with Gasteiger partial charge in [-0.15, -0.1) is 6.58 Å². The van der Waals surface area contributed by atoms with Crippen molar-refractivity contribution in [2.24, 2.45) is 4.99 Å². The van der Waals surface area contributed by atoms with E-state index in [1.54, 1.807) is 11.8 Å². The number of hydrogen-bond acceptors (Lipinski definition) is 5. The summed E-state index contributed by atoms with van der Waals surface area (Å²) in [5.74, 6) is 1.21. The zero-order chi connectivity index (χ0) is 15.7. The molecule has 0 aromatic heterocycles. The van der Waals surface area contributed by atoms with Gasteiger partial charge in [0.15, 0.2) is 15.0 Å². The van der Waals surface area contributed by atoms with Crippen molar-refractivity contribution in [1.29, 1.82) is 0 Å². The van der Waals surface area contributed by atoms with Crippen LogP contribution >= 0.6 is 27.7 Å². The van der Waals surface area contributed by atoms with Crippen LogP contribution in [0.4, 0.5) is 0 Å². The SMILES string of the molecule is C=CCN1C(SCc2ccc(Br)cc2)=N[C@H]2CS(=O)(=O)C[C@@H]21. The number of rotatable bonds is 4. The van der Waals surface area contributed by atoms with Crippen LogP contribution in [0.5, 0.6) is 0 Å². The molecule has 4 nitrogen and oxygen atoms in total. The number of nitrogens with zero attached hydrogens (tertiary/aromatic N) is 2. The molecule has 22 heavy (non-hydrogen) atoms. The highest BCUT2D eigenvalue weighted by molar-refractivity contribution is 9.10. The number of amidine groups is 1. The summed E-state index contributed by atoms with van der Waals surface area (Å²) in [5, 5.41) is 0.938. The van der Waals surface area contributed by atoms with Gasteiger partial charge in [0, 0.05) is 16.8 Å². The summed E-state index contributed by atoms with van der Waals surface area (Å²) in [4.78, 5) is 6.74. The van der Waals surface area contributed by atoms with Crippen LogP contribution < -0.4 is 0 Å². The molecule has 2 aliphatic rings. The highest BCUT2D eigenvalue weighted by Gasteiger charge is 2.45. The van der Waals surface area contributed by atoms with Gasteiger partial charge in [0.05, 0.1) is 23.6 Å². The van der Waals surface area contributed by atoms with Gasteiger partial charge < -0.3 is 4.90 Å². The van der Waals surface area contributed by atoms with E-state index in [0.29, 0.717) is 6.54 Å². The summed E-state index contributed by atoms with van der Waals surface area (Å²) in [6, 6.07) is 8.07. The van der Waals surface area contributed by atoms with Crippen LogP contribution in [0, 0.1) is 0 Å². The van der Waals surface area contributed by atoms with Gasteiger partial charge in [-0.2, -0.15) is 0 Å². The Hall–Kier alpha value is -0.790. The molecule has 2 aliphatic heterocycles. The minimum Gasteiger partial charge on any atom is -0.342 e. The maximum atomic E-state index is 11.8. The van der Waals surface area contributed by atoms with Gasteiger partial charge in [-0.05, 0) is 17.7 Å². The summed E-state index contributed by atoms with van der Waals surface area (Å²) < 4.78 is 24.6. The normalized spacial score (nSPS) is 25.9. The average molecular weight is 401 g/mol. The van der Waals surface area contributed by atoms with E-state index in [4.69, 9.17) is 0 Å². The Kier molecular flexibility index (Phi) is 4.66. The minimum atomic E-state index is -2.95. The molecule has 0 spiro atoms. The molecule has 1 aromatic carbocycles. The molecule has 1 saturated heterocycles. The molecule has 0 aliphatic carbocycles. The van der Waals surface area contributed by atoms with E-state index in [1.807, 2.05) is 18.2 Å². The van der Waals surface area contributed by atoms with Crippen LogP contribution in [-0.2, 0) is 15.6 Å². The molecule has 2 heterocycles. The molecular weight excluding hydrogens is 384 g/mol. The number of aliphatic imine (C=N–C) groups is 1. The van der Waals surface area contributed by atoms with Crippen molar-refractivity contribution in [3.63, 3.8) is 0 Å². The number of fused-ring (bicyclic) bond motifs is 1. The van der Waals surface area contributed by atoms with Gasteiger partial charge in [-0.25, -0.2) is 8.42 Å². The van der Waals surface area contributed by atoms with Crippen LogP contribution in [0.2, 0.25) is 0 Å². The van der Waals surface area contributed by atoms with Gasteiger partial charge in [0.2, 0.25) is 0 Å². The molecule has 1 fully saturated rings. The fraction of sp³-hybridized carbons (Fsp3) is 0.400. The second-order valence-corrected chi connectivity index (χ2v) is 9.49. The Morgan fingerprint density at radius 1 is 1.36 bits per heavy atom. The van der Waals surface area contributed by atoms with Crippen molar-refractivity contribution >= 4 is 42.7 Å². The summed E-state index contributed by atoms with van der Waals surface area (Å²) in [6.07, 6.45) is 1.81. The lowest BCUT2D eigenvalue weighted by Crippen LogP contribution is -2.39. The Morgan fingerprint density at radius 2 is 2.09 bits per heavy atom. The van der Waals surface area contributed by atoms with Gasteiger partial charge in [0.1, 0.15) is 0 Å². The fourth-order valence-corrected chi connectivity index (χ4v) is 6.00. The molecule has 2 atom stereocenters. The first-order chi connectivity index (χ1) is 10.5. The van der Waals surface area contributed by atoms with Gasteiger partial charge in [-0.1, -0.05) is 45.9 Å². The summed E-state index contributed by atoms with van der Waals surface area (Å²) in [7, 11) is -2.95. The smallest absolute Gasteiger partial charge is 0.160 e. The van der Waals surface area contributed by atoms with Crippen molar-refractivity contribution in [1.82, 2.24) is 4.90 Å². The molecule has 7 heteroatoms. The third kappa shape index (κ3) is 3.41. The first-order valence-corrected chi connectivity index (χ1v) is 10.6. The van der Waals surface area contributed by atoms with Crippen LogP contribution in [0.25, 0.3) is 0 Å². The number of thioether (sulfide) groups is 1. The highest BCUT2D eigenvalue weighted by Crippen LogP contribution is 2.32. The number of hydrogen-bond donors (Lipinski definition) is 0. The van der Waals surface area contributed by atoms with E-state index in [0.717, 1.165) is 15.4 Å². The van der Waals surface area contributed by atoms with Crippen molar-refractivity contribution < 1.29 is 8.42 Å². The largest absolute Gasteiger partial charge is 0.342 e. The average Bonchev–Trinajstić information content (AvgIpc) is 2.92. The molecule has 0 saturated carbocycles. The Bertz CT molecular complexity index is 701. The van der Waals surface area contributed by atoms with E-state index in [-0.39, 0.29) is 23.6 Å². The monoisotopic (exact) mass is 400 g/mol. The second-order valence-electron chi connectivity index (χ2n) is 5.48. The molecule has 118 valence electrons. The van der Waals surface area contributed by atoms with Crippen LogP contribution in [-0.4, -0.2) is 48.6 Å². The van der Waals surface area contributed by atoms with E-state index < -0.39 is 9.84 Å². The molecule has 0 radical (unpaired) electrons. The third-order valence-corrected chi connectivity index (χ3v) is 7.13. The predicted molar refractivity (Wildman–Crippen MR) is 96.0 cm³/mol. The molecule has 0 N–H and O–H groups in total. The lowest BCUT2D eigenvalue weighted by atomic mass is 10.2.